The third-order valence-corrected chi connectivity index (χ3v) is 5.29. The van der Waals surface area contributed by atoms with Gasteiger partial charge in [-0.15, -0.1) is 0 Å². The van der Waals surface area contributed by atoms with Gasteiger partial charge in [0.05, 0.1) is 4.90 Å². The van der Waals surface area contributed by atoms with Crippen LogP contribution in [-0.4, -0.2) is 19.9 Å². The summed E-state index contributed by atoms with van der Waals surface area (Å²) < 4.78 is 22.8. The van der Waals surface area contributed by atoms with Crippen LogP contribution in [0.5, 0.6) is 0 Å². The maximum atomic E-state index is 12.3. The van der Waals surface area contributed by atoms with Crippen LogP contribution in [0.4, 0.5) is 0 Å². The molecule has 0 unspecified atom stereocenters. The molecule has 0 aliphatic heterocycles. The fourth-order valence-electron chi connectivity index (χ4n) is 2.50. The first-order valence-electron chi connectivity index (χ1n) is 6.65. The van der Waals surface area contributed by atoms with Crippen molar-refractivity contribution in [3.05, 3.63) is 29.3 Å². The largest absolute Gasteiger partial charge is 0.347 e. The molecule has 0 radical (unpaired) electrons. The molecular formula is C14H18ClNO3S. The van der Waals surface area contributed by atoms with Crippen LogP contribution >= 0.6 is 10.7 Å². The van der Waals surface area contributed by atoms with Gasteiger partial charge >= 0.3 is 0 Å². The molecule has 2 rings (SSSR count). The summed E-state index contributed by atoms with van der Waals surface area (Å²) >= 11 is 0. The molecule has 0 spiro atoms. The summed E-state index contributed by atoms with van der Waals surface area (Å²) in [7, 11) is 1.52. The van der Waals surface area contributed by atoms with E-state index in [4.69, 9.17) is 10.7 Å². The van der Waals surface area contributed by atoms with Gasteiger partial charge < -0.3 is 5.32 Å². The molecule has 0 saturated heterocycles. The molecule has 1 amide bonds. The molecule has 1 aromatic carbocycles. The van der Waals surface area contributed by atoms with Crippen molar-refractivity contribution in [1.82, 2.24) is 5.32 Å². The van der Waals surface area contributed by atoms with E-state index in [1.807, 2.05) is 6.92 Å². The first-order chi connectivity index (χ1) is 9.26. The van der Waals surface area contributed by atoms with Crippen molar-refractivity contribution in [3.8, 4) is 0 Å². The lowest BCUT2D eigenvalue weighted by Gasteiger charge is -2.42. The standard InChI is InChI=1S/C14H18ClNO3S/c1-3-14(5-4-6-14)16-13(17)11-7-10(2)8-12(9-11)20(15,18)19/h7-9H,3-6H2,1-2H3,(H,16,17). The lowest BCUT2D eigenvalue weighted by atomic mass is 9.74. The predicted molar refractivity (Wildman–Crippen MR) is 78.6 cm³/mol. The van der Waals surface area contributed by atoms with Gasteiger partial charge in [0.15, 0.2) is 0 Å². The minimum absolute atomic E-state index is 0.0384. The summed E-state index contributed by atoms with van der Waals surface area (Å²) in [5.74, 6) is -0.239. The minimum atomic E-state index is -3.83. The average molecular weight is 316 g/mol. The van der Waals surface area contributed by atoms with Gasteiger partial charge in [0.25, 0.3) is 15.0 Å². The molecule has 20 heavy (non-hydrogen) atoms. The van der Waals surface area contributed by atoms with Crippen LogP contribution in [0.15, 0.2) is 23.1 Å². The maximum Gasteiger partial charge on any atom is 0.261 e. The zero-order chi connectivity index (χ0) is 15.0. The molecule has 1 fully saturated rings. The van der Waals surface area contributed by atoms with Gasteiger partial charge in [-0.2, -0.15) is 0 Å². The zero-order valence-electron chi connectivity index (χ0n) is 11.6. The van der Waals surface area contributed by atoms with E-state index in [0.29, 0.717) is 11.1 Å². The van der Waals surface area contributed by atoms with Crippen molar-refractivity contribution < 1.29 is 13.2 Å². The molecule has 1 N–H and O–H groups in total. The van der Waals surface area contributed by atoms with Crippen molar-refractivity contribution in [2.45, 2.75) is 50.0 Å². The van der Waals surface area contributed by atoms with E-state index in [2.05, 4.69) is 5.32 Å². The van der Waals surface area contributed by atoms with Crippen molar-refractivity contribution in [2.24, 2.45) is 0 Å². The SMILES string of the molecule is CCC1(NC(=O)c2cc(C)cc(S(=O)(=O)Cl)c2)CCC1. The average Bonchev–Trinajstić information content (AvgIpc) is 2.31. The normalized spacial score (nSPS) is 17.4. The predicted octanol–water partition coefficient (Wildman–Crippen LogP) is 2.99. The Morgan fingerprint density at radius 2 is 2.00 bits per heavy atom. The quantitative estimate of drug-likeness (QED) is 0.869. The smallest absolute Gasteiger partial charge is 0.261 e. The highest BCUT2D eigenvalue weighted by Gasteiger charge is 2.36. The maximum absolute atomic E-state index is 12.3. The van der Waals surface area contributed by atoms with Crippen LogP contribution in [0, 0.1) is 6.92 Å². The molecule has 0 aromatic heterocycles. The molecule has 4 nitrogen and oxygen atoms in total. The monoisotopic (exact) mass is 315 g/mol. The molecule has 0 atom stereocenters. The van der Waals surface area contributed by atoms with E-state index >= 15 is 0 Å². The number of nitrogens with one attached hydrogen (secondary N) is 1. The number of rotatable bonds is 4. The van der Waals surface area contributed by atoms with Crippen LogP contribution in [0.25, 0.3) is 0 Å². The van der Waals surface area contributed by atoms with Gasteiger partial charge in [-0.1, -0.05) is 6.92 Å². The highest BCUT2D eigenvalue weighted by atomic mass is 35.7. The third kappa shape index (κ3) is 3.15. The van der Waals surface area contributed by atoms with Gasteiger partial charge in [-0.05, 0) is 56.4 Å². The summed E-state index contributed by atoms with van der Waals surface area (Å²) in [6, 6.07) is 4.45. The number of amides is 1. The van der Waals surface area contributed by atoms with Gasteiger partial charge in [0, 0.05) is 21.8 Å². The molecule has 1 aromatic rings. The van der Waals surface area contributed by atoms with Crippen LogP contribution in [0.1, 0.15) is 48.5 Å². The van der Waals surface area contributed by atoms with Crippen LogP contribution < -0.4 is 5.32 Å². The number of halogens is 1. The van der Waals surface area contributed by atoms with Crippen molar-refractivity contribution in [3.63, 3.8) is 0 Å². The summed E-state index contributed by atoms with van der Waals surface area (Å²) in [5.41, 5.74) is 0.904. The Labute approximate surface area is 123 Å². The fraction of sp³-hybridized carbons (Fsp3) is 0.500. The second-order valence-electron chi connectivity index (χ2n) is 5.41. The lowest BCUT2D eigenvalue weighted by Crippen LogP contribution is -2.53. The van der Waals surface area contributed by atoms with Crippen molar-refractivity contribution >= 4 is 25.6 Å². The summed E-state index contributed by atoms with van der Waals surface area (Å²) in [6.45, 7) is 3.78. The Hall–Kier alpha value is -1.07. The van der Waals surface area contributed by atoms with Crippen LogP contribution in [-0.2, 0) is 9.05 Å². The third-order valence-electron chi connectivity index (χ3n) is 3.96. The number of carbonyl (C=O) groups excluding carboxylic acids is 1. The van der Waals surface area contributed by atoms with E-state index in [-0.39, 0.29) is 16.3 Å². The van der Waals surface area contributed by atoms with Gasteiger partial charge in [0.1, 0.15) is 0 Å². The second-order valence-corrected chi connectivity index (χ2v) is 7.98. The molecule has 1 aliphatic carbocycles. The Morgan fingerprint density at radius 3 is 2.45 bits per heavy atom. The number of aryl methyl sites for hydroxylation is 1. The Kier molecular flexibility index (Phi) is 4.12. The van der Waals surface area contributed by atoms with Gasteiger partial charge in [-0.25, -0.2) is 8.42 Å². The summed E-state index contributed by atoms with van der Waals surface area (Å²) in [4.78, 5) is 12.3. The van der Waals surface area contributed by atoms with Crippen LogP contribution in [0.2, 0.25) is 0 Å². The Bertz CT molecular complexity index is 630. The zero-order valence-corrected chi connectivity index (χ0v) is 13.1. The second kappa shape index (κ2) is 5.37. The number of carbonyl (C=O) groups is 1. The molecule has 0 bridgehead atoms. The van der Waals surface area contributed by atoms with E-state index in [9.17, 15) is 13.2 Å². The summed E-state index contributed by atoms with van der Waals surface area (Å²) in [6.07, 6.45) is 3.94. The molecule has 1 saturated carbocycles. The van der Waals surface area contributed by atoms with Gasteiger partial charge in [-0.3, -0.25) is 4.79 Å². The molecule has 110 valence electrons. The van der Waals surface area contributed by atoms with E-state index in [1.165, 1.54) is 12.1 Å². The topological polar surface area (TPSA) is 63.2 Å². The highest BCUT2D eigenvalue weighted by Crippen LogP contribution is 2.35. The molecule has 0 heterocycles. The molecule has 1 aliphatic rings. The number of hydrogen-bond acceptors (Lipinski definition) is 3. The highest BCUT2D eigenvalue weighted by molar-refractivity contribution is 8.13. The van der Waals surface area contributed by atoms with Crippen molar-refractivity contribution in [2.75, 3.05) is 0 Å². The first-order valence-corrected chi connectivity index (χ1v) is 8.96. The minimum Gasteiger partial charge on any atom is -0.347 e. The summed E-state index contributed by atoms with van der Waals surface area (Å²) in [5, 5.41) is 3.02. The Morgan fingerprint density at radius 1 is 1.35 bits per heavy atom. The number of benzene rings is 1. The van der Waals surface area contributed by atoms with E-state index in [1.54, 1.807) is 13.0 Å². The first kappa shape index (κ1) is 15.3. The van der Waals surface area contributed by atoms with Crippen LogP contribution in [0.3, 0.4) is 0 Å². The fourth-order valence-corrected chi connectivity index (χ4v) is 3.36. The van der Waals surface area contributed by atoms with E-state index in [0.717, 1.165) is 25.7 Å². The number of hydrogen-bond donors (Lipinski definition) is 1. The Balaban J connectivity index is 2.28. The van der Waals surface area contributed by atoms with E-state index < -0.39 is 9.05 Å². The van der Waals surface area contributed by atoms with Crippen molar-refractivity contribution in [1.29, 1.82) is 0 Å². The van der Waals surface area contributed by atoms with Gasteiger partial charge in [0.2, 0.25) is 0 Å². The lowest BCUT2D eigenvalue weighted by molar-refractivity contribution is 0.0820. The molecule has 6 heteroatoms. The molecular weight excluding hydrogens is 298 g/mol.